The second kappa shape index (κ2) is 6.80. The molecule has 0 radical (unpaired) electrons. The molecule has 0 spiro atoms. The van der Waals surface area contributed by atoms with Gasteiger partial charge in [0.05, 0.1) is 12.1 Å². The maximum absolute atomic E-state index is 12.1. The van der Waals surface area contributed by atoms with Crippen LogP contribution in [0, 0.1) is 6.92 Å². The molecule has 1 heterocycles. The smallest absolute Gasteiger partial charge is 0.260 e. The van der Waals surface area contributed by atoms with Crippen molar-refractivity contribution in [2.75, 3.05) is 13.7 Å². The predicted octanol–water partition coefficient (Wildman–Crippen LogP) is 1.72. The maximum Gasteiger partial charge on any atom is 0.260 e. The fourth-order valence-electron chi connectivity index (χ4n) is 1.94. The molecule has 0 saturated heterocycles. The van der Waals surface area contributed by atoms with Gasteiger partial charge in [0.15, 0.2) is 6.61 Å². The number of carbonyl (C=O) groups is 2. The van der Waals surface area contributed by atoms with Crippen molar-refractivity contribution in [3.8, 4) is 5.75 Å². The summed E-state index contributed by atoms with van der Waals surface area (Å²) >= 11 is 0. The number of rotatable bonds is 6. The molecule has 6 nitrogen and oxygen atoms in total. The molecule has 0 unspecified atom stereocenters. The van der Waals surface area contributed by atoms with Crippen LogP contribution in [0.15, 0.2) is 40.8 Å². The number of para-hydroxylation sites is 1. The number of nitrogens with two attached hydrogens (primary N) is 1. The number of primary amides is 1. The molecule has 0 bridgehead atoms. The highest BCUT2D eigenvalue weighted by molar-refractivity contribution is 5.95. The monoisotopic (exact) mass is 302 g/mol. The van der Waals surface area contributed by atoms with E-state index in [2.05, 4.69) is 0 Å². The molecular formula is C16H18N2O4. The van der Waals surface area contributed by atoms with E-state index in [0.29, 0.717) is 18.1 Å². The fourth-order valence-corrected chi connectivity index (χ4v) is 1.94. The SMILES string of the molecule is Cc1ccc(CN(C)C(=O)COc2ccccc2C(N)=O)o1. The summed E-state index contributed by atoms with van der Waals surface area (Å²) in [5.74, 6) is 0.967. The third-order valence-corrected chi connectivity index (χ3v) is 3.12. The Hall–Kier alpha value is -2.76. The topological polar surface area (TPSA) is 85.8 Å². The first kappa shape index (κ1) is 15.6. The summed E-state index contributed by atoms with van der Waals surface area (Å²) in [5, 5.41) is 0. The van der Waals surface area contributed by atoms with Crippen LogP contribution < -0.4 is 10.5 Å². The molecule has 116 valence electrons. The van der Waals surface area contributed by atoms with Crippen molar-refractivity contribution in [1.82, 2.24) is 4.90 Å². The van der Waals surface area contributed by atoms with Gasteiger partial charge in [0.2, 0.25) is 0 Å². The molecule has 2 amide bonds. The zero-order valence-electron chi connectivity index (χ0n) is 12.5. The van der Waals surface area contributed by atoms with Gasteiger partial charge in [-0.05, 0) is 31.2 Å². The lowest BCUT2D eigenvalue weighted by atomic mass is 10.2. The van der Waals surface area contributed by atoms with Gasteiger partial charge in [0.1, 0.15) is 17.3 Å². The molecule has 2 aromatic rings. The van der Waals surface area contributed by atoms with Gasteiger partial charge < -0.3 is 19.8 Å². The molecule has 1 aromatic heterocycles. The van der Waals surface area contributed by atoms with E-state index in [-0.39, 0.29) is 18.1 Å². The molecule has 22 heavy (non-hydrogen) atoms. The molecule has 1 aromatic carbocycles. The number of furan rings is 1. The van der Waals surface area contributed by atoms with Gasteiger partial charge in [-0.2, -0.15) is 0 Å². The van der Waals surface area contributed by atoms with E-state index in [4.69, 9.17) is 14.9 Å². The van der Waals surface area contributed by atoms with Gasteiger partial charge in [-0.25, -0.2) is 0 Å². The Labute approximate surface area is 128 Å². The Morgan fingerprint density at radius 1 is 1.23 bits per heavy atom. The van der Waals surface area contributed by atoms with E-state index in [1.165, 1.54) is 4.90 Å². The van der Waals surface area contributed by atoms with Gasteiger partial charge in [-0.1, -0.05) is 12.1 Å². The number of aryl methyl sites for hydroxylation is 1. The minimum absolute atomic E-state index is 0.180. The van der Waals surface area contributed by atoms with Crippen LogP contribution in [-0.4, -0.2) is 30.4 Å². The lowest BCUT2D eigenvalue weighted by molar-refractivity contribution is -0.132. The number of nitrogens with zero attached hydrogens (tertiary/aromatic N) is 1. The van der Waals surface area contributed by atoms with Gasteiger partial charge >= 0.3 is 0 Å². The summed E-state index contributed by atoms with van der Waals surface area (Å²) in [7, 11) is 1.66. The van der Waals surface area contributed by atoms with Crippen LogP contribution in [-0.2, 0) is 11.3 Å². The fraction of sp³-hybridized carbons (Fsp3) is 0.250. The first-order chi connectivity index (χ1) is 10.5. The van der Waals surface area contributed by atoms with Crippen LogP contribution in [0.3, 0.4) is 0 Å². The Kier molecular flexibility index (Phi) is 4.83. The number of benzene rings is 1. The van der Waals surface area contributed by atoms with Crippen molar-refractivity contribution < 1.29 is 18.7 Å². The summed E-state index contributed by atoms with van der Waals surface area (Å²) in [4.78, 5) is 24.8. The average molecular weight is 302 g/mol. The quantitative estimate of drug-likeness (QED) is 0.880. The highest BCUT2D eigenvalue weighted by atomic mass is 16.5. The third-order valence-electron chi connectivity index (χ3n) is 3.12. The average Bonchev–Trinajstić information content (AvgIpc) is 2.90. The first-order valence-electron chi connectivity index (χ1n) is 6.78. The van der Waals surface area contributed by atoms with Crippen molar-refractivity contribution in [2.45, 2.75) is 13.5 Å². The van der Waals surface area contributed by atoms with Crippen molar-refractivity contribution >= 4 is 11.8 Å². The number of hydrogen-bond acceptors (Lipinski definition) is 4. The summed E-state index contributed by atoms with van der Waals surface area (Å²) in [6, 6.07) is 10.2. The summed E-state index contributed by atoms with van der Waals surface area (Å²) in [5.41, 5.74) is 5.51. The molecule has 0 aliphatic heterocycles. The second-order valence-corrected chi connectivity index (χ2v) is 4.91. The van der Waals surface area contributed by atoms with Gasteiger partial charge in [-0.3, -0.25) is 9.59 Å². The molecule has 0 aliphatic carbocycles. The van der Waals surface area contributed by atoms with Gasteiger partial charge in [0, 0.05) is 7.05 Å². The second-order valence-electron chi connectivity index (χ2n) is 4.91. The summed E-state index contributed by atoms with van der Waals surface area (Å²) in [6.45, 7) is 2.02. The lowest BCUT2D eigenvalue weighted by Gasteiger charge is -2.16. The summed E-state index contributed by atoms with van der Waals surface area (Å²) < 4.78 is 10.8. The molecule has 2 N–H and O–H groups in total. The van der Waals surface area contributed by atoms with Crippen molar-refractivity contribution in [2.24, 2.45) is 5.73 Å². The molecule has 6 heteroatoms. The summed E-state index contributed by atoms with van der Waals surface area (Å²) in [6.07, 6.45) is 0. The normalized spacial score (nSPS) is 10.3. The van der Waals surface area contributed by atoms with E-state index >= 15 is 0 Å². The number of amides is 2. The number of likely N-dealkylation sites (N-methyl/N-ethyl adjacent to an activating group) is 1. The number of hydrogen-bond donors (Lipinski definition) is 1. The maximum atomic E-state index is 12.1. The van der Waals surface area contributed by atoms with Crippen LogP contribution >= 0.6 is 0 Å². The molecule has 0 fully saturated rings. The number of carbonyl (C=O) groups excluding carboxylic acids is 2. The van der Waals surface area contributed by atoms with E-state index in [0.717, 1.165) is 5.76 Å². The van der Waals surface area contributed by atoms with Crippen LogP contribution in [0.25, 0.3) is 0 Å². The third kappa shape index (κ3) is 3.88. The van der Waals surface area contributed by atoms with Crippen molar-refractivity contribution in [3.63, 3.8) is 0 Å². The predicted molar refractivity (Wildman–Crippen MR) is 80.4 cm³/mol. The highest BCUT2D eigenvalue weighted by Gasteiger charge is 2.14. The Morgan fingerprint density at radius 3 is 2.59 bits per heavy atom. The van der Waals surface area contributed by atoms with Crippen LogP contribution in [0.2, 0.25) is 0 Å². The minimum Gasteiger partial charge on any atom is -0.483 e. The zero-order valence-corrected chi connectivity index (χ0v) is 12.5. The van der Waals surface area contributed by atoms with Crippen LogP contribution in [0.1, 0.15) is 21.9 Å². The van der Waals surface area contributed by atoms with E-state index in [1.807, 2.05) is 19.1 Å². The first-order valence-corrected chi connectivity index (χ1v) is 6.78. The zero-order chi connectivity index (χ0) is 16.1. The Balaban J connectivity index is 1.93. The van der Waals surface area contributed by atoms with Crippen LogP contribution in [0.4, 0.5) is 0 Å². The molecule has 0 saturated carbocycles. The Morgan fingerprint density at radius 2 is 1.95 bits per heavy atom. The van der Waals surface area contributed by atoms with E-state index in [9.17, 15) is 9.59 Å². The molecule has 0 atom stereocenters. The van der Waals surface area contributed by atoms with E-state index < -0.39 is 5.91 Å². The molecule has 0 aliphatic rings. The van der Waals surface area contributed by atoms with E-state index in [1.54, 1.807) is 31.3 Å². The number of ether oxygens (including phenoxy) is 1. The largest absolute Gasteiger partial charge is 0.483 e. The molecular weight excluding hydrogens is 284 g/mol. The molecule has 2 rings (SSSR count). The van der Waals surface area contributed by atoms with Crippen LogP contribution in [0.5, 0.6) is 5.75 Å². The Bertz CT molecular complexity index is 678. The van der Waals surface area contributed by atoms with Gasteiger partial charge in [0.25, 0.3) is 11.8 Å². The lowest BCUT2D eigenvalue weighted by Crippen LogP contribution is -2.31. The highest BCUT2D eigenvalue weighted by Crippen LogP contribution is 2.17. The standard InChI is InChI=1S/C16H18N2O4/c1-11-7-8-12(22-11)9-18(2)15(19)10-21-14-6-4-3-5-13(14)16(17)20/h3-8H,9-10H2,1-2H3,(H2,17,20). The van der Waals surface area contributed by atoms with Gasteiger partial charge in [-0.15, -0.1) is 0 Å². The van der Waals surface area contributed by atoms with Crippen molar-refractivity contribution in [3.05, 3.63) is 53.5 Å². The minimum atomic E-state index is -0.595. The van der Waals surface area contributed by atoms with Crippen molar-refractivity contribution in [1.29, 1.82) is 0 Å².